The van der Waals surface area contributed by atoms with E-state index in [1.165, 1.54) is 24.8 Å². The third-order valence-electron chi connectivity index (χ3n) is 5.52. The lowest BCUT2D eigenvalue weighted by Crippen LogP contribution is -2.40. The van der Waals surface area contributed by atoms with Crippen molar-refractivity contribution in [3.8, 4) is 0 Å². The molecule has 1 atom stereocenters. The number of carbonyl (C=O) groups excluding carboxylic acids is 1. The van der Waals surface area contributed by atoms with Gasteiger partial charge in [-0.15, -0.1) is 0 Å². The molecule has 6 heteroatoms. The molecule has 0 bridgehead atoms. The fourth-order valence-electron chi connectivity index (χ4n) is 3.93. The molecule has 2 aromatic rings. The summed E-state index contributed by atoms with van der Waals surface area (Å²) in [6, 6.07) is 4.25. The molecule has 1 saturated carbocycles. The monoisotopic (exact) mass is 353 g/mol. The lowest BCUT2D eigenvalue weighted by Gasteiger charge is -2.34. The van der Waals surface area contributed by atoms with Crippen molar-refractivity contribution in [3.63, 3.8) is 0 Å². The van der Waals surface area contributed by atoms with Crippen LogP contribution in [-0.4, -0.2) is 45.6 Å². The Labute approximate surface area is 154 Å². The number of hydrogen-bond acceptors (Lipinski definition) is 4. The average Bonchev–Trinajstić information content (AvgIpc) is 3.45. The number of amides is 1. The van der Waals surface area contributed by atoms with Crippen molar-refractivity contribution in [1.82, 2.24) is 25.4 Å². The van der Waals surface area contributed by atoms with Crippen LogP contribution in [0.3, 0.4) is 0 Å². The summed E-state index contributed by atoms with van der Waals surface area (Å²) < 4.78 is 0. The molecule has 1 saturated heterocycles. The van der Waals surface area contributed by atoms with E-state index in [1.54, 1.807) is 6.20 Å². The number of H-pyrrole nitrogens is 1. The van der Waals surface area contributed by atoms with Crippen LogP contribution >= 0.6 is 0 Å². The van der Waals surface area contributed by atoms with Crippen LogP contribution < -0.4 is 5.32 Å². The van der Waals surface area contributed by atoms with Gasteiger partial charge in [0.15, 0.2) is 0 Å². The van der Waals surface area contributed by atoms with E-state index in [4.69, 9.17) is 0 Å². The third kappa shape index (κ3) is 3.65. The maximum atomic E-state index is 12.9. The number of likely N-dealkylation sites (tertiary alicyclic amines) is 1. The summed E-state index contributed by atoms with van der Waals surface area (Å²) in [5.74, 6) is 0.445. The first-order valence-corrected chi connectivity index (χ1v) is 9.71. The number of aromatic nitrogens is 3. The number of hydrogen-bond donors (Lipinski definition) is 2. The minimum atomic E-state index is -0.0101. The molecular formula is C20H27N5O. The number of carbonyl (C=O) groups is 1. The number of nitrogens with one attached hydrogen (secondary N) is 2. The molecule has 1 aliphatic carbocycles. The van der Waals surface area contributed by atoms with Crippen LogP contribution in [0.4, 0.5) is 0 Å². The molecule has 2 fully saturated rings. The van der Waals surface area contributed by atoms with E-state index in [2.05, 4.69) is 31.5 Å². The second-order valence-corrected chi connectivity index (χ2v) is 7.49. The van der Waals surface area contributed by atoms with Gasteiger partial charge in [0.25, 0.3) is 5.91 Å². The second-order valence-electron chi connectivity index (χ2n) is 7.49. The predicted octanol–water partition coefficient (Wildman–Crippen LogP) is 2.95. The molecule has 0 spiro atoms. The molecule has 1 amide bonds. The van der Waals surface area contributed by atoms with Gasteiger partial charge < -0.3 is 5.32 Å². The molecule has 26 heavy (non-hydrogen) atoms. The summed E-state index contributed by atoms with van der Waals surface area (Å²) in [7, 11) is 0. The SMILES string of the molecule is Cc1[nH]nc(C2CC2)c1C(=O)NC[C@H](c1cccnc1)N1CCCCC1. The Bertz CT molecular complexity index is 747. The van der Waals surface area contributed by atoms with Crippen molar-refractivity contribution in [2.75, 3.05) is 19.6 Å². The first-order chi connectivity index (χ1) is 12.7. The summed E-state index contributed by atoms with van der Waals surface area (Å²) in [5.41, 5.74) is 3.72. The highest BCUT2D eigenvalue weighted by Gasteiger charge is 2.32. The third-order valence-corrected chi connectivity index (χ3v) is 5.52. The van der Waals surface area contributed by atoms with E-state index in [0.29, 0.717) is 12.5 Å². The Hall–Kier alpha value is -2.21. The van der Waals surface area contributed by atoms with Gasteiger partial charge in [0.05, 0.1) is 17.3 Å². The Morgan fingerprint density at radius 3 is 2.85 bits per heavy atom. The maximum absolute atomic E-state index is 12.9. The minimum absolute atomic E-state index is 0.0101. The molecule has 2 aliphatic rings. The van der Waals surface area contributed by atoms with Gasteiger partial charge in [-0.3, -0.25) is 19.8 Å². The first kappa shape index (κ1) is 17.2. The Balaban J connectivity index is 1.49. The quantitative estimate of drug-likeness (QED) is 0.837. The molecule has 6 nitrogen and oxygen atoms in total. The fraction of sp³-hybridized carbons (Fsp3) is 0.550. The summed E-state index contributed by atoms with van der Waals surface area (Å²) in [6.45, 7) is 4.68. The minimum Gasteiger partial charge on any atom is -0.350 e. The summed E-state index contributed by atoms with van der Waals surface area (Å²) in [4.78, 5) is 19.7. The summed E-state index contributed by atoms with van der Waals surface area (Å²) in [5, 5.41) is 10.5. The van der Waals surface area contributed by atoms with Crippen molar-refractivity contribution >= 4 is 5.91 Å². The number of aryl methyl sites for hydroxylation is 1. The highest BCUT2D eigenvalue weighted by Crippen LogP contribution is 2.41. The molecule has 0 unspecified atom stereocenters. The molecule has 2 aromatic heterocycles. The highest BCUT2D eigenvalue weighted by molar-refractivity contribution is 5.96. The topological polar surface area (TPSA) is 73.9 Å². The smallest absolute Gasteiger partial charge is 0.255 e. The van der Waals surface area contributed by atoms with Crippen LogP contribution in [0, 0.1) is 6.92 Å². The Morgan fingerprint density at radius 2 is 2.15 bits per heavy atom. The normalized spacial score (nSPS) is 19.3. The van der Waals surface area contributed by atoms with Crippen molar-refractivity contribution in [2.45, 2.75) is 51.0 Å². The largest absolute Gasteiger partial charge is 0.350 e. The molecule has 1 aliphatic heterocycles. The predicted molar refractivity (Wildman–Crippen MR) is 100 cm³/mol. The molecule has 2 N–H and O–H groups in total. The number of piperidine rings is 1. The van der Waals surface area contributed by atoms with E-state index in [0.717, 1.165) is 42.9 Å². The van der Waals surface area contributed by atoms with Crippen molar-refractivity contribution in [1.29, 1.82) is 0 Å². The van der Waals surface area contributed by atoms with Gasteiger partial charge >= 0.3 is 0 Å². The van der Waals surface area contributed by atoms with Crippen LogP contribution in [0.25, 0.3) is 0 Å². The molecular weight excluding hydrogens is 326 g/mol. The number of rotatable bonds is 6. The summed E-state index contributed by atoms with van der Waals surface area (Å²) >= 11 is 0. The molecule has 4 rings (SSSR count). The van der Waals surface area contributed by atoms with Crippen molar-refractivity contribution < 1.29 is 4.79 Å². The molecule has 138 valence electrons. The van der Waals surface area contributed by atoms with Crippen LogP contribution in [0.15, 0.2) is 24.5 Å². The van der Waals surface area contributed by atoms with Gasteiger partial charge in [-0.1, -0.05) is 12.5 Å². The van der Waals surface area contributed by atoms with Crippen molar-refractivity contribution in [2.24, 2.45) is 0 Å². The van der Waals surface area contributed by atoms with Gasteiger partial charge in [-0.05, 0) is 57.3 Å². The van der Waals surface area contributed by atoms with Gasteiger partial charge in [0.1, 0.15) is 0 Å². The maximum Gasteiger partial charge on any atom is 0.255 e. The Morgan fingerprint density at radius 1 is 1.35 bits per heavy atom. The summed E-state index contributed by atoms with van der Waals surface area (Å²) in [6.07, 6.45) is 9.72. The van der Waals surface area contributed by atoms with Gasteiger partial charge in [-0.25, -0.2) is 0 Å². The van der Waals surface area contributed by atoms with Crippen LogP contribution in [0.1, 0.15) is 71.4 Å². The fourth-order valence-corrected chi connectivity index (χ4v) is 3.93. The highest BCUT2D eigenvalue weighted by atomic mass is 16.1. The second kappa shape index (κ2) is 7.58. The first-order valence-electron chi connectivity index (χ1n) is 9.71. The lowest BCUT2D eigenvalue weighted by atomic mass is 10.0. The van der Waals surface area contributed by atoms with Crippen LogP contribution in [0.2, 0.25) is 0 Å². The number of nitrogens with zero attached hydrogens (tertiary/aromatic N) is 3. The van der Waals surface area contributed by atoms with E-state index < -0.39 is 0 Å². The van der Waals surface area contributed by atoms with E-state index >= 15 is 0 Å². The zero-order valence-electron chi connectivity index (χ0n) is 15.4. The zero-order valence-corrected chi connectivity index (χ0v) is 15.4. The Kier molecular flexibility index (Phi) is 5.02. The molecule has 0 aromatic carbocycles. The van der Waals surface area contributed by atoms with Crippen molar-refractivity contribution in [3.05, 3.63) is 47.0 Å². The average molecular weight is 353 g/mol. The van der Waals surface area contributed by atoms with E-state index in [9.17, 15) is 4.79 Å². The zero-order chi connectivity index (χ0) is 17.9. The van der Waals surface area contributed by atoms with Crippen LogP contribution in [0.5, 0.6) is 0 Å². The van der Waals surface area contributed by atoms with E-state index in [-0.39, 0.29) is 11.9 Å². The number of aromatic amines is 1. The lowest BCUT2D eigenvalue weighted by molar-refractivity contribution is 0.0923. The number of pyridine rings is 1. The molecule has 0 radical (unpaired) electrons. The van der Waals surface area contributed by atoms with Crippen LogP contribution in [-0.2, 0) is 0 Å². The molecule has 3 heterocycles. The standard InChI is InChI=1S/C20H27N5O/c1-14-18(19(24-23-14)15-7-8-15)20(26)22-13-17(16-6-5-9-21-12-16)25-10-3-2-4-11-25/h5-6,9,12,15,17H,2-4,7-8,10-11,13H2,1H3,(H,22,26)(H,23,24)/t17-/m1/s1. The van der Waals surface area contributed by atoms with E-state index in [1.807, 2.05) is 19.2 Å². The van der Waals surface area contributed by atoms with Gasteiger partial charge in [0, 0.05) is 30.6 Å². The van der Waals surface area contributed by atoms with Gasteiger partial charge in [0.2, 0.25) is 0 Å². The van der Waals surface area contributed by atoms with Gasteiger partial charge in [-0.2, -0.15) is 5.10 Å².